The van der Waals surface area contributed by atoms with Crippen LogP contribution in [0.4, 0.5) is 4.39 Å². The predicted molar refractivity (Wildman–Crippen MR) is 136 cm³/mol. The first-order valence-electron chi connectivity index (χ1n) is 12.2. The Kier molecular flexibility index (Phi) is 7.34. The third-order valence-electron chi connectivity index (χ3n) is 7.31. The third kappa shape index (κ3) is 5.61. The first kappa shape index (κ1) is 25.5. The Morgan fingerprint density at radius 3 is 2.38 bits per heavy atom. The topological polar surface area (TPSA) is 38.3 Å². The van der Waals surface area contributed by atoms with Crippen molar-refractivity contribution in [3.8, 4) is 0 Å². The molecule has 3 nitrogen and oxygen atoms in total. The number of hydrogen-bond donors (Lipinski definition) is 1. The van der Waals surface area contributed by atoms with Crippen molar-refractivity contribution in [2.24, 2.45) is 5.41 Å². The SMILES string of the molecule is CC1(CC2NC(C(=O)OC(C)(C)C)C(c3cccc(Cl)c3)C2c2ccc(Cl)cc2F)CCCC1. The molecular formula is C28H34Cl2FNO2. The molecule has 1 saturated heterocycles. The summed E-state index contributed by atoms with van der Waals surface area (Å²) < 4.78 is 21.2. The van der Waals surface area contributed by atoms with Crippen molar-refractivity contribution in [1.82, 2.24) is 5.32 Å². The fourth-order valence-corrected chi connectivity index (χ4v) is 6.28. The highest BCUT2D eigenvalue weighted by atomic mass is 35.5. The molecule has 1 N–H and O–H groups in total. The summed E-state index contributed by atoms with van der Waals surface area (Å²) in [6, 6.07) is 11.7. The first-order valence-corrected chi connectivity index (χ1v) is 12.9. The maximum absolute atomic E-state index is 15.4. The van der Waals surface area contributed by atoms with Crippen LogP contribution in [0.15, 0.2) is 42.5 Å². The monoisotopic (exact) mass is 505 g/mol. The second kappa shape index (κ2) is 9.79. The summed E-state index contributed by atoms with van der Waals surface area (Å²) in [5.41, 5.74) is 0.989. The minimum Gasteiger partial charge on any atom is -0.459 e. The lowest BCUT2D eigenvalue weighted by atomic mass is 9.72. The largest absolute Gasteiger partial charge is 0.459 e. The molecule has 0 radical (unpaired) electrons. The predicted octanol–water partition coefficient (Wildman–Crippen LogP) is 7.65. The van der Waals surface area contributed by atoms with Crippen LogP contribution in [0.3, 0.4) is 0 Å². The van der Waals surface area contributed by atoms with Crippen LogP contribution < -0.4 is 5.32 Å². The van der Waals surface area contributed by atoms with Gasteiger partial charge in [-0.05, 0) is 80.8 Å². The van der Waals surface area contributed by atoms with Crippen LogP contribution in [-0.2, 0) is 9.53 Å². The van der Waals surface area contributed by atoms with Crippen molar-refractivity contribution in [2.75, 3.05) is 0 Å². The van der Waals surface area contributed by atoms with Crippen LogP contribution in [-0.4, -0.2) is 23.7 Å². The van der Waals surface area contributed by atoms with Crippen LogP contribution in [0.25, 0.3) is 0 Å². The quantitative estimate of drug-likeness (QED) is 0.424. The van der Waals surface area contributed by atoms with Gasteiger partial charge in [-0.2, -0.15) is 0 Å². The van der Waals surface area contributed by atoms with Gasteiger partial charge in [0.2, 0.25) is 0 Å². The standard InChI is InChI=1S/C28H34Cl2FNO2/c1-27(2,3)34-26(33)25-23(17-8-7-9-18(29)14-17)24(20-11-10-19(30)15-21(20)31)22(32-25)16-28(4)12-5-6-13-28/h7-11,14-15,22-25,32H,5-6,12-13,16H2,1-4H3. The molecular weight excluding hydrogens is 472 g/mol. The van der Waals surface area contributed by atoms with Crippen LogP contribution >= 0.6 is 23.2 Å². The lowest BCUT2D eigenvalue weighted by molar-refractivity contribution is -0.157. The van der Waals surface area contributed by atoms with Gasteiger partial charge >= 0.3 is 5.97 Å². The van der Waals surface area contributed by atoms with Crippen molar-refractivity contribution in [3.63, 3.8) is 0 Å². The molecule has 1 aliphatic heterocycles. The average molecular weight is 506 g/mol. The fraction of sp³-hybridized carbons (Fsp3) is 0.536. The average Bonchev–Trinajstić information content (AvgIpc) is 3.31. The van der Waals surface area contributed by atoms with Gasteiger partial charge in [0.15, 0.2) is 0 Å². The van der Waals surface area contributed by atoms with E-state index in [4.69, 9.17) is 27.9 Å². The molecule has 2 aromatic rings. The van der Waals surface area contributed by atoms with E-state index in [0.29, 0.717) is 15.6 Å². The number of hydrogen-bond acceptors (Lipinski definition) is 3. The number of esters is 1. The smallest absolute Gasteiger partial charge is 0.324 e. The van der Waals surface area contributed by atoms with Crippen molar-refractivity contribution in [3.05, 3.63) is 69.5 Å². The van der Waals surface area contributed by atoms with E-state index in [1.54, 1.807) is 12.1 Å². The van der Waals surface area contributed by atoms with E-state index in [1.807, 2.05) is 45.0 Å². The summed E-state index contributed by atoms with van der Waals surface area (Å²) in [6.45, 7) is 7.90. The van der Waals surface area contributed by atoms with E-state index in [1.165, 1.54) is 18.9 Å². The van der Waals surface area contributed by atoms with Crippen LogP contribution in [0.5, 0.6) is 0 Å². The number of ether oxygens (including phenoxy) is 1. The summed E-state index contributed by atoms with van der Waals surface area (Å²) in [4.78, 5) is 13.5. The van der Waals surface area contributed by atoms with Gasteiger partial charge in [-0.25, -0.2) is 4.39 Å². The molecule has 2 fully saturated rings. The molecule has 0 spiro atoms. The summed E-state index contributed by atoms with van der Waals surface area (Å²) >= 11 is 12.5. The molecule has 0 aromatic heterocycles. The van der Waals surface area contributed by atoms with Crippen LogP contribution in [0.1, 0.15) is 82.8 Å². The van der Waals surface area contributed by atoms with Crippen molar-refractivity contribution >= 4 is 29.2 Å². The summed E-state index contributed by atoms with van der Waals surface area (Å²) in [7, 11) is 0. The Labute approximate surface area is 212 Å². The summed E-state index contributed by atoms with van der Waals surface area (Å²) in [5.74, 6) is -1.28. The normalized spacial score (nSPS) is 26.6. The number of benzene rings is 2. The zero-order valence-electron chi connectivity index (χ0n) is 20.3. The highest BCUT2D eigenvalue weighted by Gasteiger charge is 2.51. The van der Waals surface area contributed by atoms with E-state index in [2.05, 4.69) is 12.2 Å². The lowest BCUT2D eigenvalue weighted by Crippen LogP contribution is -2.43. The molecule has 0 amide bonds. The van der Waals surface area contributed by atoms with Gasteiger partial charge in [0, 0.05) is 27.9 Å². The number of rotatable bonds is 5. The number of carbonyl (C=O) groups is 1. The number of halogens is 3. The Morgan fingerprint density at radius 2 is 1.76 bits per heavy atom. The zero-order chi connectivity index (χ0) is 24.7. The van der Waals surface area contributed by atoms with E-state index in [0.717, 1.165) is 24.8 Å². The minimum absolute atomic E-state index is 0.0970. The summed E-state index contributed by atoms with van der Waals surface area (Å²) in [5, 5.41) is 4.55. The van der Waals surface area contributed by atoms with Gasteiger partial charge in [-0.3, -0.25) is 4.79 Å². The first-order chi connectivity index (χ1) is 16.0. The summed E-state index contributed by atoms with van der Waals surface area (Å²) in [6.07, 6.45) is 5.54. The highest BCUT2D eigenvalue weighted by molar-refractivity contribution is 6.30. The molecule has 1 heterocycles. The molecule has 1 saturated carbocycles. The molecule has 6 heteroatoms. The number of nitrogens with one attached hydrogen (secondary N) is 1. The minimum atomic E-state index is -0.631. The highest BCUT2D eigenvalue weighted by Crippen LogP contribution is 2.51. The van der Waals surface area contributed by atoms with E-state index in [9.17, 15) is 4.79 Å². The van der Waals surface area contributed by atoms with Gasteiger partial charge in [0.1, 0.15) is 17.5 Å². The molecule has 4 rings (SSSR count). The van der Waals surface area contributed by atoms with Crippen molar-refractivity contribution in [1.29, 1.82) is 0 Å². The van der Waals surface area contributed by atoms with E-state index >= 15 is 4.39 Å². The van der Waals surface area contributed by atoms with Gasteiger partial charge in [-0.1, -0.05) is 61.2 Å². The van der Waals surface area contributed by atoms with E-state index < -0.39 is 11.6 Å². The number of carbonyl (C=O) groups excluding carboxylic acids is 1. The Morgan fingerprint density at radius 1 is 1.09 bits per heavy atom. The second-order valence-electron chi connectivity index (χ2n) is 11.3. The van der Waals surface area contributed by atoms with Crippen LogP contribution in [0.2, 0.25) is 10.0 Å². The van der Waals surface area contributed by atoms with Gasteiger partial charge in [-0.15, -0.1) is 0 Å². The Hall–Kier alpha value is -1.62. The lowest BCUT2D eigenvalue weighted by Gasteiger charge is -2.32. The Balaban J connectivity index is 1.82. The van der Waals surface area contributed by atoms with Crippen molar-refractivity contribution < 1.29 is 13.9 Å². The van der Waals surface area contributed by atoms with Gasteiger partial charge < -0.3 is 10.1 Å². The van der Waals surface area contributed by atoms with Crippen LogP contribution in [0, 0.1) is 11.2 Å². The maximum atomic E-state index is 15.4. The molecule has 34 heavy (non-hydrogen) atoms. The Bertz CT molecular complexity index is 1040. The molecule has 2 aliphatic rings. The molecule has 4 atom stereocenters. The van der Waals surface area contributed by atoms with Crippen molar-refractivity contribution in [2.45, 2.75) is 89.3 Å². The van der Waals surface area contributed by atoms with Gasteiger partial charge in [0.25, 0.3) is 0 Å². The molecule has 184 valence electrons. The fourth-order valence-electron chi connectivity index (χ4n) is 5.92. The molecule has 2 aromatic carbocycles. The van der Waals surface area contributed by atoms with Gasteiger partial charge in [0.05, 0.1) is 0 Å². The maximum Gasteiger partial charge on any atom is 0.324 e. The molecule has 4 unspecified atom stereocenters. The zero-order valence-corrected chi connectivity index (χ0v) is 21.8. The van der Waals surface area contributed by atoms with E-state index in [-0.39, 0.29) is 35.1 Å². The molecule has 0 bridgehead atoms. The second-order valence-corrected chi connectivity index (χ2v) is 12.2. The molecule has 1 aliphatic carbocycles. The third-order valence-corrected chi connectivity index (χ3v) is 7.78.